The fourth-order valence-corrected chi connectivity index (χ4v) is 5.71. The molecule has 7 heteroatoms. The van der Waals surface area contributed by atoms with Crippen LogP contribution in [0.5, 0.6) is 0 Å². The van der Waals surface area contributed by atoms with Gasteiger partial charge in [-0.2, -0.15) is 0 Å². The predicted octanol–water partition coefficient (Wildman–Crippen LogP) is 2.58. The van der Waals surface area contributed by atoms with Crippen LogP contribution in [-0.4, -0.2) is 21.0 Å². The van der Waals surface area contributed by atoms with E-state index in [9.17, 15) is 8.42 Å². The highest BCUT2D eigenvalue weighted by molar-refractivity contribution is 7.89. The molecule has 20 heavy (non-hydrogen) atoms. The van der Waals surface area contributed by atoms with Gasteiger partial charge in [0.2, 0.25) is 10.0 Å². The van der Waals surface area contributed by atoms with E-state index in [1.807, 2.05) is 13.8 Å². The molecule has 1 aromatic rings. The van der Waals surface area contributed by atoms with Gasteiger partial charge in [0.15, 0.2) is 0 Å². The van der Waals surface area contributed by atoms with Gasteiger partial charge in [0, 0.05) is 22.3 Å². The van der Waals surface area contributed by atoms with Crippen molar-refractivity contribution in [2.75, 3.05) is 6.54 Å². The van der Waals surface area contributed by atoms with E-state index < -0.39 is 10.0 Å². The predicted molar refractivity (Wildman–Crippen MR) is 86.2 cm³/mol. The van der Waals surface area contributed by atoms with Crippen LogP contribution in [0.1, 0.15) is 35.4 Å². The van der Waals surface area contributed by atoms with Crippen molar-refractivity contribution in [3.8, 4) is 0 Å². The summed E-state index contributed by atoms with van der Waals surface area (Å²) in [4.78, 5) is 2.27. The third-order valence-electron chi connectivity index (χ3n) is 3.81. The first kappa shape index (κ1) is 17.9. The number of hydrogen-bond donors (Lipinski definition) is 2. The van der Waals surface area contributed by atoms with Crippen LogP contribution in [0.15, 0.2) is 11.0 Å². The molecule has 0 aliphatic heterocycles. The lowest BCUT2D eigenvalue weighted by atomic mass is 9.99. The number of rotatable bonds is 5. The number of aryl methyl sites for hydroxylation is 2. The van der Waals surface area contributed by atoms with Gasteiger partial charge in [-0.1, -0.05) is 12.8 Å². The number of sulfonamides is 1. The molecule has 0 saturated heterocycles. The van der Waals surface area contributed by atoms with E-state index in [1.54, 1.807) is 6.07 Å². The van der Waals surface area contributed by atoms with Crippen molar-refractivity contribution in [3.63, 3.8) is 0 Å². The summed E-state index contributed by atoms with van der Waals surface area (Å²) in [7, 11) is -3.44. The summed E-state index contributed by atoms with van der Waals surface area (Å²) >= 11 is 1.51. The van der Waals surface area contributed by atoms with Crippen molar-refractivity contribution in [2.45, 2.75) is 50.5 Å². The van der Waals surface area contributed by atoms with Crippen molar-refractivity contribution in [2.24, 2.45) is 11.7 Å². The minimum Gasteiger partial charge on any atom is -0.329 e. The van der Waals surface area contributed by atoms with Crippen LogP contribution in [-0.2, 0) is 10.0 Å². The maximum Gasteiger partial charge on any atom is 0.241 e. The lowest BCUT2D eigenvalue weighted by Crippen LogP contribution is -2.44. The molecule has 1 aliphatic rings. The van der Waals surface area contributed by atoms with Crippen molar-refractivity contribution in [1.29, 1.82) is 0 Å². The summed E-state index contributed by atoms with van der Waals surface area (Å²) in [5, 5.41) is 0. The van der Waals surface area contributed by atoms with Gasteiger partial charge in [-0.3, -0.25) is 0 Å². The van der Waals surface area contributed by atoms with Gasteiger partial charge >= 0.3 is 0 Å². The Bertz CT molecular complexity index is 537. The van der Waals surface area contributed by atoms with Crippen LogP contribution in [0, 0.1) is 19.8 Å². The lowest BCUT2D eigenvalue weighted by molar-refractivity contribution is 0.405. The van der Waals surface area contributed by atoms with Crippen molar-refractivity contribution in [1.82, 2.24) is 4.72 Å². The quantitative estimate of drug-likeness (QED) is 0.866. The van der Waals surface area contributed by atoms with Crippen molar-refractivity contribution < 1.29 is 8.42 Å². The van der Waals surface area contributed by atoms with Gasteiger partial charge in [0.25, 0.3) is 0 Å². The molecule has 1 saturated carbocycles. The van der Waals surface area contributed by atoms with E-state index in [0.717, 1.165) is 22.6 Å². The molecule has 1 aliphatic carbocycles. The maximum absolute atomic E-state index is 12.4. The fraction of sp³-hybridized carbons (Fsp3) is 0.692. The Balaban J connectivity index is 0.00000200. The Morgan fingerprint density at radius 2 is 2.00 bits per heavy atom. The number of nitrogens with one attached hydrogen (secondary N) is 1. The van der Waals surface area contributed by atoms with Gasteiger partial charge < -0.3 is 5.73 Å². The highest BCUT2D eigenvalue weighted by atomic mass is 35.5. The Morgan fingerprint density at radius 3 is 2.45 bits per heavy atom. The topological polar surface area (TPSA) is 72.2 Å². The third kappa shape index (κ3) is 3.95. The molecule has 1 atom stereocenters. The second kappa shape index (κ2) is 7.22. The first-order chi connectivity index (χ1) is 8.94. The van der Waals surface area contributed by atoms with Crippen LogP contribution in [0.2, 0.25) is 0 Å². The summed E-state index contributed by atoms with van der Waals surface area (Å²) in [6, 6.07) is 1.61. The zero-order valence-corrected chi connectivity index (χ0v) is 14.3. The largest absolute Gasteiger partial charge is 0.329 e. The average molecular weight is 339 g/mol. The second-order valence-electron chi connectivity index (χ2n) is 5.29. The zero-order valence-electron chi connectivity index (χ0n) is 11.9. The molecule has 2 rings (SSSR count). The SMILES string of the molecule is Cc1cc(S(=O)(=O)NC(CN)C2CCCC2)c(C)s1.Cl. The molecule has 0 bridgehead atoms. The van der Waals surface area contributed by atoms with Gasteiger partial charge in [-0.25, -0.2) is 13.1 Å². The van der Waals surface area contributed by atoms with E-state index in [2.05, 4.69) is 4.72 Å². The van der Waals surface area contributed by atoms with E-state index in [-0.39, 0.29) is 18.4 Å². The van der Waals surface area contributed by atoms with Crippen molar-refractivity contribution in [3.05, 3.63) is 15.8 Å². The molecule has 0 radical (unpaired) electrons. The summed E-state index contributed by atoms with van der Waals surface area (Å²) in [6.45, 7) is 4.14. The Hall–Kier alpha value is -0.140. The smallest absolute Gasteiger partial charge is 0.241 e. The monoisotopic (exact) mass is 338 g/mol. The van der Waals surface area contributed by atoms with E-state index in [1.165, 1.54) is 24.2 Å². The molecule has 0 spiro atoms. The van der Waals surface area contributed by atoms with E-state index in [0.29, 0.717) is 17.4 Å². The third-order valence-corrected chi connectivity index (χ3v) is 6.53. The summed E-state index contributed by atoms with van der Waals surface area (Å²) in [5.41, 5.74) is 5.76. The average Bonchev–Trinajstić information content (AvgIpc) is 2.96. The number of thiophene rings is 1. The van der Waals surface area contributed by atoms with E-state index in [4.69, 9.17) is 5.73 Å². The number of halogens is 1. The molecule has 1 heterocycles. The van der Waals surface area contributed by atoms with Crippen LogP contribution >= 0.6 is 23.7 Å². The highest BCUT2D eigenvalue weighted by Gasteiger charge is 2.29. The second-order valence-corrected chi connectivity index (χ2v) is 8.43. The molecule has 1 unspecified atom stereocenters. The van der Waals surface area contributed by atoms with E-state index >= 15 is 0 Å². The molecule has 1 aromatic heterocycles. The summed E-state index contributed by atoms with van der Waals surface area (Å²) < 4.78 is 27.7. The molecule has 4 nitrogen and oxygen atoms in total. The molecule has 3 N–H and O–H groups in total. The van der Waals surface area contributed by atoms with Crippen LogP contribution in [0.3, 0.4) is 0 Å². The number of nitrogens with two attached hydrogens (primary N) is 1. The van der Waals surface area contributed by atoms with Gasteiger partial charge in [0.05, 0.1) is 4.90 Å². The minimum absolute atomic E-state index is 0. The Kier molecular flexibility index (Phi) is 6.47. The van der Waals surface area contributed by atoms with Gasteiger partial charge in [-0.05, 0) is 38.7 Å². The molecule has 0 aromatic carbocycles. The lowest BCUT2D eigenvalue weighted by Gasteiger charge is -2.22. The molecule has 0 amide bonds. The van der Waals surface area contributed by atoms with Crippen molar-refractivity contribution >= 4 is 33.8 Å². The summed E-state index contributed by atoms with van der Waals surface area (Å²) in [6.07, 6.45) is 4.51. The first-order valence-electron chi connectivity index (χ1n) is 6.73. The van der Waals surface area contributed by atoms with Gasteiger partial charge in [-0.15, -0.1) is 23.7 Å². The standard InChI is InChI=1S/C13H22N2O2S2.ClH/c1-9-7-13(10(2)18-9)19(16,17)15-12(8-14)11-5-3-4-6-11;/h7,11-12,15H,3-6,8,14H2,1-2H3;1H. The minimum atomic E-state index is -3.44. The molecule has 1 fully saturated rings. The van der Waals surface area contributed by atoms with Crippen LogP contribution < -0.4 is 10.5 Å². The Morgan fingerprint density at radius 1 is 1.40 bits per heavy atom. The Labute approximate surface area is 131 Å². The van der Waals surface area contributed by atoms with Crippen LogP contribution in [0.25, 0.3) is 0 Å². The molecular formula is C13H23ClN2O2S2. The number of hydrogen-bond acceptors (Lipinski definition) is 4. The van der Waals surface area contributed by atoms with Crippen LogP contribution in [0.4, 0.5) is 0 Å². The normalized spacial score (nSPS) is 17.9. The summed E-state index contributed by atoms with van der Waals surface area (Å²) in [5.74, 6) is 0.389. The fourth-order valence-electron chi connectivity index (χ4n) is 2.83. The maximum atomic E-state index is 12.4. The zero-order chi connectivity index (χ0) is 14.0. The molecular weight excluding hydrogens is 316 g/mol. The first-order valence-corrected chi connectivity index (χ1v) is 9.03. The van der Waals surface area contributed by atoms with Gasteiger partial charge in [0.1, 0.15) is 0 Å². The highest BCUT2D eigenvalue weighted by Crippen LogP contribution is 2.29. The molecule has 116 valence electrons.